The van der Waals surface area contributed by atoms with Crippen LogP contribution in [0.3, 0.4) is 0 Å². The number of β-lactam (4-membered cyclic amide) rings is 1. The number of carbonyl (C=O) groups excluding carboxylic acids is 3. The largest absolute Gasteiger partial charge is 0.497 e. The quantitative estimate of drug-likeness (QED) is 0.0973. The number of ether oxygens (including phenoxy) is 2. The summed E-state index contributed by atoms with van der Waals surface area (Å²) in [6, 6.07) is 27.5. The fourth-order valence-corrected chi connectivity index (χ4v) is 13.7. The Morgan fingerprint density at radius 1 is 1.02 bits per heavy atom. The van der Waals surface area contributed by atoms with Crippen LogP contribution in [-0.4, -0.2) is 73.1 Å². The number of rotatable bonds is 10. The van der Waals surface area contributed by atoms with Gasteiger partial charge in [-0.15, -0.1) is 0 Å². The van der Waals surface area contributed by atoms with Crippen LogP contribution in [0.25, 0.3) is 0 Å². The van der Waals surface area contributed by atoms with Crippen LogP contribution in [0.4, 0.5) is 17.1 Å². The number of hydrogen-bond donors (Lipinski definition) is 1. The zero-order chi connectivity index (χ0) is 39.5. The number of methoxy groups -OCH3 is 1. The van der Waals surface area contributed by atoms with Crippen LogP contribution >= 0.6 is 0 Å². The van der Waals surface area contributed by atoms with Gasteiger partial charge in [0.25, 0.3) is 11.6 Å². The Bertz CT molecular complexity index is 2230. The lowest BCUT2D eigenvalue weighted by molar-refractivity contribution is -0.385. The van der Waals surface area contributed by atoms with Gasteiger partial charge in [-0.2, -0.15) is 0 Å². The molecule has 0 bridgehead atoms. The molecule has 56 heavy (non-hydrogen) atoms. The number of fused-ring (bicyclic) bond motifs is 3. The van der Waals surface area contributed by atoms with E-state index in [0.29, 0.717) is 42.9 Å². The molecular weight excluding hydrogens is 729 g/mol. The highest BCUT2D eigenvalue weighted by atomic mass is 28.3. The number of benzene rings is 4. The molecular formula is C43H46N4O8Si. The lowest BCUT2D eigenvalue weighted by Crippen LogP contribution is -2.52. The molecule has 2 fully saturated rings. The highest BCUT2D eigenvalue weighted by Gasteiger charge is 2.67. The Balaban J connectivity index is 1.21. The van der Waals surface area contributed by atoms with E-state index in [0.717, 1.165) is 27.6 Å². The van der Waals surface area contributed by atoms with Gasteiger partial charge < -0.3 is 29.3 Å². The number of carbonyl (C=O) groups is 3. The van der Waals surface area contributed by atoms with E-state index in [1.54, 1.807) is 27.9 Å². The van der Waals surface area contributed by atoms with Crippen molar-refractivity contribution in [2.75, 3.05) is 30.1 Å². The number of nitro groups is 1. The van der Waals surface area contributed by atoms with Crippen molar-refractivity contribution >= 4 is 48.0 Å². The van der Waals surface area contributed by atoms with Crippen molar-refractivity contribution in [1.82, 2.24) is 4.90 Å². The summed E-state index contributed by atoms with van der Waals surface area (Å²) in [6.07, 6.45) is 0.253. The Morgan fingerprint density at radius 2 is 1.77 bits per heavy atom. The molecule has 13 heteroatoms. The monoisotopic (exact) mass is 774 g/mol. The van der Waals surface area contributed by atoms with Crippen LogP contribution < -0.4 is 19.7 Å². The first kappa shape index (κ1) is 37.5. The topological polar surface area (TPSA) is 143 Å². The first-order valence-electron chi connectivity index (χ1n) is 19.2. The first-order chi connectivity index (χ1) is 26.9. The van der Waals surface area contributed by atoms with Crippen molar-refractivity contribution in [1.29, 1.82) is 0 Å². The first-order valence-corrected chi connectivity index (χ1v) is 22.2. The van der Waals surface area contributed by atoms with Gasteiger partial charge in [-0.25, -0.2) is 0 Å². The third-order valence-electron chi connectivity index (χ3n) is 12.7. The zero-order valence-electron chi connectivity index (χ0n) is 32.0. The van der Waals surface area contributed by atoms with E-state index in [-0.39, 0.29) is 48.5 Å². The molecule has 5 atom stereocenters. The summed E-state index contributed by atoms with van der Waals surface area (Å²) in [4.78, 5) is 59.0. The van der Waals surface area contributed by atoms with Crippen LogP contribution in [-0.2, 0) is 44.2 Å². The molecule has 0 radical (unpaired) electrons. The van der Waals surface area contributed by atoms with Crippen molar-refractivity contribution in [2.45, 2.75) is 75.7 Å². The molecule has 2 saturated heterocycles. The molecule has 4 aromatic rings. The summed E-state index contributed by atoms with van der Waals surface area (Å²) < 4.78 is 12.6. The summed E-state index contributed by atoms with van der Waals surface area (Å²) in [6.45, 7) is 7.36. The van der Waals surface area contributed by atoms with Crippen LogP contribution in [0, 0.1) is 16.0 Å². The van der Waals surface area contributed by atoms with Crippen LogP contribution in [0.2, 0.25) is 18.6 Å². The fourth-order valence-electron chi connectivity index (χ4n) is 9.70. The van der Waals surface area contributed by atoms with Crippen molar-refractivity contribution in [2.24, 2.45) is 5.92 Å². The Hall–Kier alpha value is -5.37. The van der Waals surface area contributed by atoms with Crippen molar-refractivity contribution in [3.05, 3.63) is 123 Å². The number of nitrogens with zero attached hydrogens (tertiary/aromatic N) is 4. The number of nitro benzene ring substituents is 1. The molecule has 0 aromatic heterocycles. The average molecular weight is 775 g/mol. The maximum atomic E-state index is 15.3. The van der Waals surface area contributed by atoms with Gasteiger partial charge in [0.1, 0.15) is 5.75 Å². The van der Waals surface area contributed by atoms with E-state index >= 15 is 4.79 Å². The van der Waals surface area contributed by atoms with Gasteiger partial charge in [-0.3, -0.25) is 24.5 Å². The summed E-state index contributed by atoms with van der Waals surface area (Å²) in [5, 5.41) is 23.8. The fraction of sp³-hybridized carbons (Fsp3) is 0.372. The molecule has 4 aliphatic rings. The molecule has 0 aliphatic carbocycles. The molecule has 8 rings (SSSR count). The minimum atomic E-state index is -2.65. The molecule has 12 nitrogen and oxygen atoms in total. The van der Waals surface area contributed by atoms with E-state index in [1.807, 2.05) is 79.7 Å². The van der Waals surface area contributed by atoms with E-state index in [2.05, 4.69) is 13.1 Å². The highest BCUT2D eigenvalue weighted by molar-refractivity contribution is 6.91. The minimum absolute atomic E-state index is 0.0363. The van der Waals surface area contributed by atoms with Crippen LogP contribution in [0.1, 0.15) is 42.0 Å². The Labute approximate surface area is 326 Å². The molecule has 4 aliphatic heterocycles. The molecule has 1 N–H and O–H groups in total. The molecule has 0 saturated carbocycles. The second-order valence-electron chi connectivity index (χ2n) is 16.0. The van der Waals surface area contributed by atoms with Crippen LogP contribution in [0.15, 0.2) is 91.0 Å². The van der Waals surface area contributed by atoms with Gasteiger partial charge in [0.15, 0.2) is 5.60 Å². The number of amides is 3. The highest BCUT2D eigenvalue weighted by Crippen LogP contribution is 2.60. The summed E-state index contributed by atoms with van der Waals surface area (Å²) in [7, 11) is -1.04. The van der Waals surface area contributed by atoms with E-state index in [1.165, 1.54) is 12.1 Å². The smallest absolute Gasteiger partial charge is 0.269 e. The molecule has 0 unspecified atom stereocenters. The second kappa shape index (κ2) is 14.3. The number of hydrogen-bond acceptors (Lipinski definition) is 8. The number of aliphatic hydroxyl groups excluding tert-OH is 1. The van der Waals surface area contributed by atoms with Gasteiger partial charge >= 0.3 is 0 Å². The zero-order valence-corrected chi connectivity index (χ0v) is 33.0. The lowest BCUT2D eigenvalue weighted by Gasteiger charge is -2.39. The summed E-state index contributed by atoms with van der Waals surface area (Å²) in [5.41, 5.74) is 2.53. The standard InChI is InChI=1S/C43H46N4O8Si/c1-27-41(56(3,4)35-15-13-34(54-2)14-16-35)38(23-40(50)45-25-30-10-6-5-9-29(30)21-33(45)26-48)55-43(27)36-22-32(47(52)53)12-17-37(36)46(42(43)51)24-28-8-7-11-31(20-28)44-19-18-39(44)49/h5-17,20,22,27,33,38,41,48H,18-19,21,23-26H2,1-4H3/t27-,33+,38+,41-,43+/m1/s1. The van der Waals surface area contributed by atoms with E-state index < -0.39 is 36.7 Å². The molecule has 4 aromatic carbocycles. The lowest BCUT2D eigenvalue weighted by atomic mass is 9.82. The minimum Gasteiger partial charge on any atom is -0.497 e. The Kier molecular flexibility index (Phi) is 9.58. The molecule has 3 amide bonds. The van der Waals surface area contributed by atoms with Crippen LogP contribution in [0.5, 0.6) is 5.75 Å². The van der Waals surface area contributed by atoms with E-state index in [4.69, 9.17) is 9.47 Å². The number of aliphatic hydroxyl groups is 1. The van der Waals surface area contributed by atoms with Gasteiger partial charge in [0.05, 0.1) is 57.5 Å². The maximum absolute atomic E-state index is 15.3. The van der Waals surface area contributed by atoms with Crippen molar-refractivity contribution in [3.8, 4) is 5.75 Å². The van der Waals surface area contributed by atoms with Crippen molar-refractivity contribution in [3.63, 3.8) is 0 Å². The van der Waals surface area contributed by atoms with Crippen molar-refractivity contribution < 1.29 is 33.9 Å². The second-order valence-corrected chi connectivity index (χ2v) is 20.7. The maximum Gasteiger partial charge on any atom is 0.269 e. The predicted molar refractivity (Wildman–Crippen MR) is 213 cm³/mol. The van der Waals surface area contributed by atoms with Gasteiger partial charge in [0.2, 0.25) is 11.8 Å². The number of non-ortho nitro benzene ring substituents is 1. The third-order valence-corrected chi connectivity index (χ3v) is 17.1. The average Bonchev–Trinajstić information content (AvgIpc) is 3.62. The molecule has 1 spiro atoms. The normalized spacial score (nSPS) is 24.3. The molecule has 4 heterocycles. The number of anilines is 2. The Morgan fingerprint density at radius 3 is 2.43 bits per heavy atom. The van der Waals surface area contributed by atoms with Gasteiger partial charge in [-0.1, -0.05) is 73.7 Å². The van der Waals surface area contributed by atoms with Gasteiger partial charge in [-0.05, 0) is 59.0 Å². The third kappa shape index (κ3) is 6.09. The summed E-state index contributed by atoms with van der Waals surface area (Å²) >= 11 is 0. The predicted octanol–water partition coefficient (Wildman–Crippen LogP) is 5.44. The SMILES string of the molecule is COc1ccc([Si](C)(C)[C@H]2[C@H](CC(=O)N3Cc4ccccc4C[C@H]3CO)O[C@@]3(C(=O)N(Cc4cccc(N5CCC5=O)c4)c4ccc([N+](=O)[O-])cc43)[C@@H]2C)cc1. The summed E-state index contributed by atoms with van der Waals surface area (Å²) in [5.74, 6) is -0.272. The van der Waals surface area contributed by atoms with E-state index in [9.17, 15) is 24.8 Å². The van der Waals surface area contributed by atoms with Gasteiger partial charge in [0, 0.05) is 48.8 Å². The molecule has 290 valence electrons.